The minimum Gasteiger partial charge on any atom is -0.480 e. The normalized spacial score (nSPS) is 12.0. The number of carboxylic acid groups (broad SMARTS) is 1. The fraction of sp³-hybridized carbons (Fsp3) is 0.455. The van der Waals surface area contributed by atoms with E-state index in [2.05, 4.69) is 46.5 Å². The number of amides is 5. The lowest BCUT2D eigenvalue weighted by Crippen LogP contribution is -2.51. The Hall–Kier alpha value is -4.80. The predicted molar refractivity (Wildman–Crippen MR) is 133 cm³/mol. The molecule has 0 radical (unpaired) electrons. The van der Waals surface area contributed by atoms with Gasteiger partial charge in [-0.15, -0.1) is 0 Å². The summed E-state index contributed by atoms with van der Waals surface area (Å²) in [5, 5.41) is 20.8. The molecule has 0 aliphatic heterocycles. The van der Waals surface area contributed by atoms with E-state index in [-0.39, 0.29) is 38.8 Å². The van der Waals surface area contributed by atoms with Crippen LogP contribution in [0.2, 0.25) is 0 Å². The second kappa shape index (κ2) is 16.1. The van der Waals surface area contributed by atoms with E-state index in [0.717, 1.165) is 0 Å². The molecule has 0 aliphatic rings. The molecule has 2 heterocycles. The number of nitrogens with one attached hydrogen (secondary N) is 7. The minimum atomic E-state index is -1.24. The van der Waals surface area contributed by atoms with Crippen LogP contribution in [0, 0.1) is 0 Å². The van der Waals surface area contributed by atoms with Crippen LogP contribution in [0.3, 0.4) is 0 Å². The molecule has 2 aromatic rings. The first kappa shape index (κ1) is 30.4. The highest BCUT2D eigenvalue weighted by molar-refractivity contribution is 5.92. The van der Waals surface area contributed by atoms with Gasteiger partial charge in [0.1, 0.15) is 18.6 Å². The van der Waals surface area contributed by atoms with Crippen LogP contribution in [0.5, 0.6) is 0 Å². The van der Waals surface area contributed by atoms with Crippen LogP contribution < -0.4 is 32.3 Å². The topological polar surface area (TPSA) is 266 Å². The number of hydrogen-bond donors (Lipinski definition) is 9. The van der Waals surface area contributed by atoms with E-state index in [9.17, 15) is 28.8 Å². The third kappa shape index (κ3) is 11.9. The summed E-state index contributed by atoms with van der Waals surface area (Å²) < 4.78 is 0. The van der Waals surface area contributed by atoms with Gasteiger partial charge in [0.2, 0.25) is 29.5 Å². The zero-order valence-corrected chi connectivity index (χ0v) is 21.0. The van der Waals surface area contributed by atoms with Crippen molar-refractivity contribution in [1.82, 2.24) is 46.5 Å². The van der Waals surface area contributed by atoms with E-state index >= 15 is 0 Å². The van der Waals surface area contributed by atoms with Gasteiger partial charge in [-0.25, -0.2) is 9.97 Å². The molecular formula is C22H32N10O7. The summed E-state index contributed by atoms with van der Waals surface area (Å²) in [6, 6.07) is -2.02. The molecule has 0 aromatic carbocycles. The maximum absolute atomic E-state index is 12.7. The molecule has 0 bridgehead atoms. The molecule has 17 nitrogen and oxygen atoms in total. The summed E-state index contributed by atoms with van der Waals surface area (Å²) in [5.41, 5.74) is 6.55. The average Bonchev–Trinajstić information content (AvgIpc) is 3.60. The number of hydrogen-bond acceptors (Lipinski definition) is 9. The van der Waals surface area contributed by atoms with E-state index in [1.165, 1.54) is 25.0 Å². The number of carbonyl (C=O) groups excluding carboxylic acids is 5. The van der Waals surface area contributed by atoms with Crippen molar-refractivity contribution in [3.8, 4) is 0 Å². The van der Waals surface area contributed by atoms with Crippen LogP contribution in [0.25, 0.3) is 0 Å². The molecule has 17 heteroatoms. The molecule has 2 aromatic heterocycles. The molecule has 0 fully saturated rings. The van der Waals surface area contributed by atoms with Crippen LogP contribution in [-0.4, -0.2) is 98.8 Å². The average molecular weight is 549 g/mol. The Bertz CT molecular complexity index is 1100. The van der Waals surface area contributed by atoms with Crippen LogP contribution >= 0.6 is 0 Å². The van der Waals surface area contributed by atoms with Crippen molar-refractivity contribution >= 4 is 35.5 Å². The molecule has 5 amide bonds. The van der Waals surface area contributed by atoms with Crippen LogP contribution in [-0.2, 0) is 41.6 Å². The van der Waals surface area contributed by atoms with Crippen molar-refractivity contribution in [3.05, 3.63) is 36.4 Å². The van der Waals surface area contributed by atoms with E-state index < -0.39 is 60.7 Å². The molecule has 0 spiro atoms. The van der Waals surface area contributed by atoms with Gasteiger partial charge in [-0.1, -0.05) is 0 Å². The molecule has 2 rings (SSSR count). The van der Waals surface area contributed by atoms with Gasteiger partial charge in [0, 0.05) is 62.6 Å². The van der Waals surface area contributed by atoms with Gasteiger partial charge < -0.3 is 47.4 Å². The number of imidazole rings is 2. The van der Waals surface area contributed by atoms with E-state index in [1.54, 1.807) is 0 Å². The summed E-state index contributed by atoms with van der Waals surface area (Å²) in [5.74, 6) is -4.14. The fourth-order valence-corrected chi connectivity index (χ4v) is 3.26. The highest BCUT2D eigenvalue weighted by atomic mass is 16.4. The number of rotatable bonds is 17. The summed E-state index contributed by atoms with van der Waals surface area (Å²) in [6.45, 7) is -1.07. The standard InChI is InChI=1S/C22H32N10O7/c23-3-1-17(33)31-15(5-13-7-24-11-29-13)21(38)26-4-2-18(34)32-16(6-14-8-25-12-30-14)22(39)28-9-19(35)27-10-20(36)37/h7-8,11-12,15-16H,1-6,9-10,23H2,(H,24,29)(H,25,30)(H,26,38)(H,27,35)(H,28,39)(H,31,33)(H,32,34)(H,36,37)/t15-,16-/m0/s1. The molecule has 0 saturated heterocycles. The number of nitrogens with two attached hydrogens (primary N) is 1. The number of carboxylic acids is 1. The van der Waals surface area contributed by atoms with Crippen molar-refractivity contribution < 1.29 is 33.9 Å². The Balaban J connectivity index is 1.90. The zero-order valence-electron chi connectivity index (χ0n) is 21.0. The molecular weight excluding hydrogens is 516 g/mol. The van der Waals surface area contributed by atoms with Crippen molar-refractivity contribution in [3.63, 3.8) is 0 Å². The Labute approximate surface area is 222 Å². The van der Waals surface area contributed by atoms with Crippen LogP contribution in [0.4, 0.5) is 0 Å². The number of aromatic nitrogens is 4. The maximum atomic E-state index is 12.7. The van der Waals surface area contributed by atoms with E-state index in [4.69, 9.17) is 10.8 Å². The van der Waals surface area contributed by atoms with E-state index in [1.807, 2.05) is 0 Å². The summed E-state index contributed by atoms with van der Waals surface area (Å²) in [7, 11) is 0. The Kier molecular flexibility index (Phi) is 12.6. The number of nitrogens with zero attached hydrogens (tertiary/aromatic N) is 2. The fourth-order valence-electron chi connectivity index (χ4n) is 3.26. The van der Waals surface area contributed by atoms with Crippen molar-refractivity contribution in [2.24, 2.45) is 5.73 Å². The second-order valence-electron chi connectivity index (χ2n) is 8.27. The lowest BCUT2D eigenvalue weighted by molar-refractivity contribution is -0.138. The quantitative estimate of drug-likeness (QED) is 0.0926. The van der Waals surface area contributed by atoms with Gasteiger partial charge in [-0.2, -0.15) is 0 Å². The van der Waals surface area contributed by atoms with Crippen molar-refractivity contribution in [1.29, 1.82) is 0 Å². The predicted octanol–water partition coefficient (Wildman–Crippen LogP) is -3.94. The number of aliphatic carboxylic acids is 1. The van der Waals surface area contributed by atoms with Gasteiger partial charge in [0.25, 0.3) is 0 Å². The van der Waals surface area contributed by atoms with E-state index in [0.29, 0.717) is 11.4 Å². The van der Waals surface area contributed by atoms with Gasteiger partial charge >= 0.3 is 5.97 Å². The first-order valence-corrected chi connectivity index (χ1v) is 11.9. The molecule has 2 atom stereocenters. The number of aromatic amines is 2. The Morgan fingerprint density at radius 2 is 1.31 bits per heavy atom. The third-order valence-electron chi connectivity index (χ3n) is 5.14. The summed E-state index contributed by atoms with van der Waals surface area (Å²) in [4.78, 5) is 85.6. The first-order valence-electron chi connectivity index (χ1n) is 11.9. The first-order chi connectivity index (χ1) is 18.7. The minimum absolute atomic E-state index is 0.0279. The maximum Gasteiger partial charge on any atom is 0.322 e. The van der Waals surface area contributed by atoms with Crippen LogP contribution in [0.15, 0.2) is 25.0 Å². The molecule has 0 unspecified atom stereocenters. The second-order valence-corrected chi connectivity index (χ2v) is 8.27. The van der Waals surface area contributed by atoms with Gasteiger partial charge in [0.05, 0.1) is 19.2 Å². The lowest BCUT2D eigenvalue weighted by Gasteiger charge is -2.19. The van der Waals surface area contributed by atoms with Gasteiger partial charge in [-0.3, -0.25) is 28.8 Å². The monoisotopic (exact) mass is 548 g/mol. The van der Waals surface area contributed by atoms with Gasteiger partial charge in [0.15, 0.2) is 0 Å². The molecule has 39 heavy (non-hydrogen) atoms. The Morgan fingerprint density at radius 1 is 0.769 bits per heavy atom. The SMILES string of the molecule is NCCC(=O)N[C@@H](Cc1cnc[nH]1)C(=O)NCCC(=O)N[C@@H](Cc1cnc[nH]1)C(=O)NCC(=O)NCC(=O)O. The number of H-pyrrole nitrogens is 2. The largest absolute Gasteiger partial charge is 0.480 e. The lowest BCUT2D eigenvalue weighted by atomic mass is 10.1. The molecule has 10 N–H and O–H groups in total. The van der Waals surface area contributed by atoms with Crippen molar-refractivity contribution in [2.45, 2.75) is 37.8 Å². The smallest absolute Gasteiger partial charge is 0.322 e. The zero-order chi connectivity index (χ0) is 28.6. The highest BCUT2D eigenvalue weighted by Gasteiger charge is 2.24. The van der Waals surface area contributed by atoms with Crippen LogP contribution in [0.1, 0.15) is 24.2 Å². The molecule has 212 valence electrons. The molecule has 0 aliphatic carbocycles. The highest BCUT2D eigenvalue weighted by Crippen LogP contribution is 2.01. The van der Waals surface area contributed by atoms with Gasteiger partial charge in [-0.05, 0) is 0 Å². The number of carbonyl (C=O) groups is 6. The Morgan fingerprint density at radius 3 is 1.79 bits per heavy atom. The molecule has 0 saturated carbocycles. The summed E-state index contributed by atoms with van der Waals surface area (Å²) >= 11 is 0. The summed E-state index contributed by atoms with van der Waals surface area (Å²) in [6.07, 6.45) is 5.83. The third-order valence-corrected chi connectivity index (χ3v) is 5.14. The van der Waals surface area contributed by atoms with Crippen molar-refractivity contribution in [2.75, 3.05) is 26.2 Å².